The number of anilines is 1. The molecule has 0 aliphatic carbocycles. The molecule has 1 aliphatic rings. The third-order valence-corrected chi connectivity index (χ3v) is 4.57. The number of halogens is 2. The highest BCUT2D eigenvalue weighted by molar-refractivity contribution is 14.1. The molecule has 3 nitrogen and oxygen atoms in total. The van der Waals surface area contributed by atoms with E-state index in [9.17, 15) is 0 Å². The zero-order valence-electron chi connectivity index (χ0n) is 12.0. The number of allylic oxidation sites excluding steroid dienone is 1. The number of quaternary nitrogens is 1. The van der Waals surface area contributed by atoms with E-state index < -0.39 is 0 Å². The summed E-state index contributed by atoms with van der Waals surface area (Å²) in [5, 5.41) is 0. The molecule has 2 aromatic rings. The molecule has 0 bridgehead atoms. The van der Waals surface area contributed by atoms with Crippen LogP contribution in [0.15, 0.2) is 60.8 Å². The molecule has 0 radical (unpaired) electrons. The normalized spacial score (nSPS) is 16.7. The Morgan fingerprint density at radius 3 is 2.36 bits per heavy atom. The first-order valence-corrected chi connectivity index (χ1v) is 7.68. The van der Waals surface area contributed by atoms with Crippen molar-refractivity contribution in [3.63, 3.8) is 0 Å². The first kappa shape index (κ1) is 17.3. The molecule has 0 amide bonds. The molecule has 2 aromatic carbocycles. The van der Waals surface area contributed by atoms with Crippen LogP contribution >= 0.6 is 22.9 Å². The third kappa shape index (κ3) is 3.02. The fourth-order valence-electron chi connectivity index (χ4n) is 2.75. The summed E-state index contributed by atoms with van der Waals surface area (Å²) in [7, 11) is 0. The molecular weight excluding hydrogens is 500 g/mol. The molecule has 1 aliphatic heterocycles. The van der Waals surface area contributed by atoms with Crippen molar-refractivity contribution in [3.05, 3.63) is 77.5 Å². The average molecular weight is 517 g/mol. The summed E-state index contributed by atoms with van der Waals surface area (Å²) in [6, 6.07) is 16.6. The number of hydrogen-bond acceptors (Lipinski definition) is 2. The van der Waals surface area contributed by atoms with E-state index in [-0.39, 0.29) is 24.0 Å². The Balaban J connectivity index is 0.00000176. The van der Waals surface area contributed by atoms with E-state index >= 15 is 0 Å². The van der Waals surface area contributed by atoms with E-state index in [1.54, 1.807) is 0 Å². The van der Waals surface area contributed by atoms with Crippen molar-refractivity contribution in [2.75, 3.05) is 3.11 Å². The summed E-state index contributed by atoms with van der Waals surface area (Å²) >= 11 is 2.35. The summed E-state index contributed by atoms with van der Waals surface area (Å²) in [4.78, 5) is 0. The molecule has 0 unspecified atom stereocenters. The predicted molar refractivity (Wildman–Crippen MR) is 96.1 cm³/mol. The van der Waals surface area contributed by atoms with Gasteiger partial charge in [-0.05, 0) is 17.7 Å². The van der Waals surface area contributed by atoms with Crippen LogP contribution in [-0.4, -0.2) is 0 Å². The summed E-state index contributed by atoms with van der Waals surface area (Å²) in [6.07, 6.45) is 0. The number of nitrogens with two attached hydrogens (primary N) is 1. The summed E-state index contributed by atoms with van der Waals surface area (Å²) < 4.78 is 2.21. The maximum atomic E-state index is 6.08. The van der Waals surface area contributed by atoms with E-state index in [1.165, 1.54) is 5.56 Å². The summed E-state index contributed by atoms with van der Waals surface area (Å²) in [5.74, 6) is 0. The number of benzene rings is 2. The van der Waals surface area contributed by atoms with Crippen LogP contribution in [0.5, 0.6) is 0 Å². The smallest absolute Gasteiger partial charge is 0.145 e. The molecule has 1 heterocycles. The molecule has 5 N–H and O–H groups in total. The lowest BCUT2D eigenvalue weighted by Crippen LogP contribution is -3.00. The van der Waals surface area contributed by atoms with Gasteiger partial charge in [0.2, 0.25) is 0 Å². The molecule has 0 saturated heterocycles. The van der Waals surface area contributed by atoms with E-state index in [2.05, 4.69) is 68.6 Å². The molecule has 114 valence electrons. The fraction of sp³-hybridized carbons (Fsp3) is 0.0588. The number of rotatable bonds is 1. The SMILES string of the molecule is C=C(N)/C1=C(\[NH3+])c2ccccc2CN(I)c2ccccc21.[I-]. The maximum absolute atomic E-state index is 6.08. The Kier molecular flexibility index (Phi) is 5.51. The van der Waals surface area contributed by atoms with E-state index in [0.717, 1.165) is 34.6 Å². The first-order chi connectivity index (χ1) is 10.1. The molecule has 0 fully saturated rings. The fourth-order valence-corrected chi connectivity index (χ4v) is 3.54. The largest absolute Gasteiger partial charge is 1.00 e. The minimum Gasteiger partial charge on any atom is -1.00 e. The topological polar surface area (TPSA) is 56.9 Å². The van der Waals surface area contributed by atoms with Crippen LogP contribution in [0.1, 0.15) is 16.7 Å². The monoisotopic (exact) mass is 517 g/mol. The standard InChI is InChI=1S/C17H16IN3.HI/c1-11(19)16-14-8-4-5-9-15(14)21(18)10-12-6-2-3-7-13(12)17(16)20;/h2-9H,1,10,19-20H2;1H/b17-16+;. The molecule has 0 aromatic heterocycles. The molecule has 3 rings (SSSR count). The molecule has 0 atom stereocenters. The van der Waals surface area contributed by atoms with Crippen molar-refractivity contribution < 1.29 is 29.7 Å². The molecular formula is C17H17I2N3. The molecule has 22 heavy (non-hydrogen) atoms. The average Bonchev–Trinajstić information content (AvgIpc) is 2.47. The van der Waals surface area contributed by atoms with Gasteiger partial charge in [-0.3, -0.25) is 0 Å². The highest BCUT2D eigenvalue weighted by Gasteiger charge is 2.24. The number of fused-ring (bicyclic) bond motifs is 2. The molecule has 0 saturated carbocycles. The minimum absolute atomic E-state index is 0. The van der Waals surface area contributed by atoms with Gasteiger partial charge in [-0.15, -0.1) is 0 Å². The zero-order valence-corrected chi connectivity index (χ0v) is 16.3. The van der Waals surface area contributed by atoms with Crippen LogP contribution in [0.3, 0.4) is 0 Å². The van der Waals surface area contributed by atoms with Gasteiger partial charge in [-0.25, -0.2) is 0 Å². The van der Waals surface area contributed by atoms with Crippen molar-refractivity contribution >= 4 is 39.8 Å². The third-order valence-electron chi connectivity index (χ3n) is 3.71. The summed E-state index contributed by atoms with van der Waals surface area (Å²) in [6.45, 7) is 4.79. The second-order valence-corrected chi connectivity index (χ2v) is 6.24. The van der Waals surface area contributed by atoms with Crippen molar-refractivity contribution in [2.24, 2.45) is 5.73 Å². The Morgan fingerprint density at radius 1 is 1.09 bits per heavy atom. The van der Waals surface area contributed by atoms with Gasteiger partial charge in [0, 0.05) is 16.8 Å². The van der Waals surface area contributed by atoms with Gasteiger partial charge in [0.15, 0.2) is 0 Å². The number of hydrogen-bond donors (Lipinski definition) is 2. The first-order valence-electron chi connectivity index (χ1n) is 6.71. The van der Waals surface area contributed by atoms with Crippen molar-refractivity contribution in [1.82, 2.24) is 0 Å². The lowest BCUT2D eigenvalue weighted by molar-refractivity contribution is -0.242. The second-order valence-electron chi connectivity index (χ2n) is 5.07. The van der Waals surface area contributed by atoms with Crippen LogP contribution in [0, 0.1) is 0 Å². The Bertz CT molecular complexity index is 753. The van der Waals surface area contributed by atoms with Gasteiger partial charge < -0.3 is 38.6 Å². The van der Waals surface area contributed by atoms with Crippen LogP contribution in [0.25, 0.3) is 11.3 Å². The van der Waals surface area contributed by atoms with Crippen molar-refractivity contribution in [1.29, 1.82) is 0 Å². The highest BCUT2D eigenvalue weighted by Crippen LogP contribution is 2.38. The van der Waals surface area contributed by atoms with Crippen LogP contribution in [0.4, 0.5) is 5.69 Å². The van der Waals surface area contributed by atoms with E-state index in [4.69, 9.17) is 5.73 Å². The van der Waals surface area contributed by atoms with Gasteiger partial charge >= 0.3 is 0 Å². The van der Waals surface area contributed by atoms with Crippen LogP contribution in [0.2, 0.25) is 0 Å². The lowest BCUT2D eigenvalue weighted by Gasteiger charge is -2.25. The summed E-state index contributed by atoms with van der Waals surface area (Å²) in [5.41, 5.74) is 17.4. The van der Waals surface area contributed by atoms with Crippen molar-refractivity contribution in [3.8, 4) is 0 Å². The van der Waals surface area contributed by atoms with Gasteiger partial charge in [-0.2, -0.15) is 0 Å². The highest BCUT2D eigenvalue weighted by atomic mass is 127. The second kappa shape index (κ2) is 7.01. The van der Waals surface area contributed by atoms with Crippen molar-refractivity contribution in [2.45, 2.75) is 6.54 Å². The Hall–Kier alpha value is -1.06. The zero-order chi connectivity index (χ0) is 15.0. The van der Waals surface area contributed by atoms with Crippen LogP contribution in [-0.2, 0) is 6.54 Å². The maximum Gasteiger partial charge on any atom is 0.145 e. The van der Waals surface area contributed by atoms with Gasteiger partial charge in [-0.1, -0.05) is 43.0 Å². The molecule has 5 heteroatoms. The number of nitrogens with zero attached hydrogens (tertiary/aromatic N) is 1. The lowest BCUT2D eigenvalue weighted by atomic mass is 9.92. The van der Waals surface area contributed by atoms with Gasteiger partial charge in [0.1, 0.15) is 5.70 Å². The van der Waals surface area contributed by atoms with Crippen LogP contribution < -0.4 is 38.6 Å². The van der Waals surface area contributed by atoms with Gasteiger partial charge in [0.05, 0.1) is 40.7 Å². The quantitative estimate of drug-likeness (QED) is 0.412. The van der Waals surface area contributed by atoms with E-state index in [0.29, 0.717) is 5.70 Å². The Morgan fingerprint density at radius 2 is 1.68 bits per heavy atom. The minimum atomic E-state index is 0. The Labute approximate surface area is 161 Å². The molecule has 0 spiro atoms. The predicted octanol–water partition coefficient (Wildman–Crippen LogP) is -0.0568. The number of para-hydroxylation sites is 1. The van der Waals surface area contributed by atoms with E-state index in [1.807, 2.05) is 18.2 Å². The van der Waals surface area contributed by atoms with Gasteiger partial charge in [0.25, 0.3) is 0 Å².